The Bertz CT molecular complexity index is 734. The van der Waals surface area contributed by atoms with Crippen LogP contribution in [0.4, 0.5) is 0 Å². The average Bonchev–Trinajstić information content (AvgIpc) is 2.68. The van der Waals surface area contributed by atoms with Gasteiger partial charge in [-0.25, -0.2) is 14.8 Å². The van der Waals surface area contributed by atoms with Crippen LogP contribution in [0.25, 0.3) is 0 Å². The highest BCUT2D eigenvalue weighted by Gasteiger charge is 2.26. The first-order valence-corrected chi connectivity index (χ1v) is 8.08. The van der Waals surface area contributed by atoms with Gasteiger partial charge in [0.25, 0.3) is 5.91 Å². The summed E-state index contributed by atoms with van der Waals surface area (Å²) in [6.07, 6.45) is 4.81. The first kappa shape index (κ1) is 16.9. The van der Waals surface area contributed by atoms with Gasteiger partial charge in [0.05, 0.1) is 19.2 Å². The number of likely N-dealkylation sites (tertiary alicyclic amines) is 1. The number of methoxy groups -OCH3 is 1. The minimum atomic E-state index is -0.423. The average molecular weight is 341 g/mol. The molecule has 130 valence electrons. The summed E-state index contributed by atoms with van der Waals surface area (Å²) in [6, 6.07) is 8.51. The van der Waals surface area contributed by atoms with Crippen LogP contribution >= 0.6 is 0 Å². The molecule has 1 aromatic heterocycles. The van der Waals surface area contributed by atoms with Crippen molar-refractivity contribution in [3.63, 3.8) is 0 Å². The summed E-state index contributed by atoms with van der Waals surface area (Å²) in [5, 5.41) is 0. The van der Waals surface area contributed by atoms with E-state index in [9.17, 15) is 9.59 Å². The smallest absolute Gasteiger partial charge is 0.337 e. The predicted molar refractivity (Wildman–Crippen MR) is 89.4 cm³/mol. The Morgan fingerprint density at radius 1 is 1.12 bits per heavy atom. The maximum absolute atomic E-state index is 12.7. The van der Waals surface area contributed by atoms with Crippen molar-refractivity contribution in [2.45, 2.75) is 18.9 Å². The topological polar surface area (TPSA) is 81.6 Å². The Balaban J connectivity index is 1.64. The van der Waals surface area contributed by atoms with Crippen molar-refractivity contribution in [2.24, 2.45) is 0 Å². The van der Waals surface area contributed by atoms with Gasteiger partial charge < -0.3 is 14.4 Å². The van der Waals surface area contributed by atoms with Crippen LogP contribution in [0.5, 0.6) is 6.01 Å². The Hall–Kier alpha value is -2.96. The lowest BCUT2D eigenvalue weighted by Crippen LogP contribution is -2.44. The van der Waals surface area contributed by atoms with E-state index in [0.29, 0.717) is 30.2 Å². The lowest BCUT2D eigenvalue weighted by atomic mass is 10.1. The number of hydrogen-bond donors (Lipinski definition) is 0. The SMILES string of the molecule is COC(=O)c1ccc(C(=O)N2CCC[C@H](Oc3ncccn3)C2)cc1. The molecular formula is C18H19N3O4. The van der Waals surface area contributed by atoms with Crippen molar-refractivity contribution >= 4 is 11.9 Å². The van der Waals surface area contributed by atoms with Gasteiger partial charge in [0.2, 0.25) is 0 Å². The van der Waals surface area contributed by atoms with Gasteiger partial charge in [-0.3, -0.25) is 4.79 Å². The highest BCUT2D eigenvalue weighted by atomic mass is 16.5. The zero-order valence-corrected chi connectivity index (χ0v) is 13.9. The van der Waals surface area contributed by atoms with Crippen molar-refractivity contribution in [1.29, 1.82) is 0 Å². The Labute approximate surface area is 145 Å². The number of nitrogens with zero attached hydrogens (tertiary/aromatic N) is 3. The summed E-state index contributed by atoms with van der Waals surface area (Å²) in [7, 11) is 1.33. The third kappa shape index (κ3) is 4.12. The van der Waals surface area contributed by atoms with E-state index in [1.54, 1.807) is 47.6 Å². The number of amides is 1. The molecule has 0 bridgehead atoms. The highest BCUT2D eigenvalue weighted by Crippen LogP contribution is 2.18. The number of rotatable bonds is 4. The van der Waals surface area contributed by atoms with Crippen LogP contribution in [-0.2, 0) is 4.74 Å². The number of benzene rings is 1. The van der Waals surface area contributed by atoms with E-state index in [-0.39, 0.29) is 12.0 Å². The molecule has 0 spiro atoms. The largest absolute Gasteiger partial charge is 0.465 e. The molecule has 1 aliphatic heterocycles. The van der Waals surface area contributed by atoms with E-state index < -0.39 is 5.97 Å². The number of ether oxygens (including phenoxy) is 2. The fourth-order valence-corrected chi connectivity index (χ4v) is 2.76. The molecule has 2 heterocycles. The third-order valence-corrected chi connectivity index (χ3v) is 4.03. The molecule has 7 heteroatoms. The monoisotopic (exact) mass is 341 g/mol. The summed E-state index contributed by atoms with van der Waals surface area (Å²) < 4.78 is 10.4. The van der Waals surface area contributed by atoms with E-state index in [4.69, 9.17) is 4.74 Å². The molecule has 1 aliphatic rings. The van der Waals surface area contributed by atoms with Gasteiger partial charge in [-0.15, -0.1) is 0 Å². The van der Waals surface area contributed by atoms with Crippen molar-refractivity contribution in [2.75, 3.05) is 20.2 Å². The van der Waals surface area contributed by atoms with Gasteiger partial charge >= 0.3 is 12.0 Å². The quantitative estimate of drug-likeness (QED) is 0.791. The van der Waals surface area contributed by atoms with E-state index >= 15 is 0 Å². The maximum Gasteiger partial charge on any atom is 0.337 e. The van der Waals surface area contributed by atoms with Crippen LogP contribution < -0.4 is 4.74 Å². The fourth-order valence-electron chi connectivity index (χ4n) is 2.76. The molecule has 0 unspecified atom stereocenters. The number of piperidine rings is 1. The lowest BCUT2D eigenvalue weighted by Gasteiger charge is -2.32. The van der Waals surface area contributed by atoms with Crippen molar-refractivity contribution in [3.05, 3.63) is 53.9 Å². The number of esters is 1. The molecule has 1 fully saturated rings. The maximum atomic E-state index is 12.7. The number of carbonyl (C=O) groups is 2. The summed E-state index contributed by atoms with van der Waals surface area (Å²) in [5.41, 5.74) is 0.949. The summed E-state index contributed by atoms with van der Waals surface area (Å²) in [4.78, 5) is 34.0. The predicted octanol–water partition coefficient (Wildman–Crippen LogP) is 1.95. The molecule has 0 saturated carbocycles. The van der Waals surface area contributed by atoms with Gasteiger partial charge in [-0.1, -0.05) is 0 Å². The molecule has 1 atom stereocenters. The third-order valence-electron chi connectivity index (χ3n) is 4.03. The fraction of sp³-hybridized carbons (Fsp3) is 0.333. The van der Waals surface area contributed by atoms with Crippen molar-refractivity contribution < 1.29 is 19.1 Å². The van der Waals surface area contributed by atoms with Crippen LogP contribution in [-0.4, -0.2) is 53.0 Å². The molecule has 1 aromatic carbocycles. The minimum absolute atomic E-state index is 0.0845. The van der Waals surface area contributed by atoms with E-state index in [1.807, 2.05) is 0 Å². The van der Waals surface area contributed by atoms with Crippen LogP contribution in [0.15, 0.2) is 42.7 Å². The Kier molecular flexibility index (Phi) is 5.23. The summed E-state index contributed by atoms with van der Waals surface area (Å²) >= 11 is 0. The lowest BCUT2D eigenvalue weighted by molar-refractivity contribution is 0.0515. The standard InChI is InChI=1S/C18H19N3O4/c1-24-17(23)14-7-5-13(6-8-14)16(22)21-11-2-4-15(12-21)25-18-19-9-3-10-20-18/h3,5-10,15H,2,4,11-12H2,1H3/t15-/m0/s1. The zero-order valence-electron chi connectivity index (χ0n) is 13.9. The molecule has 1 amide bonds. The van der Waals surface area contributed by atoms with Gasteiger partial charge in [-0.05, 0) is 43.2 Å². The first-order chi connectivity index (χ1) is 12.2. The molecule has 0 N–H and O–H groups in total. The van der Waals surface area contributed by atoms with Gasteiger partial charge in [0.15, 0.2) is 0 Å². The van der Waals surface area contributed by atoms with Gasteiger partial charge in [0.1, 0.15) is 6.10 Å². The molecule has 1 saturated heterocycles. The Morgan fingerprint density at radius 2 is 1.80 bits per heavy atom. The van der Waals surface area contributed by atoms with E-state index in [0.717, 1.165) is 12.8 Å². The normalized spacial score (nSPS) is 17.0. The van der Waals surface area contributed by atoms with Crippen LogP contribution in [0, 0.1) is 0 Å². The number of hydrogen-bond acceptors (Lipinski definition) is 6. The molecule has 7 nitrogen and oxygen atoms in total. The first-order valence-electron chi connectivity index (χ1n) is 8.08. The Morgan fingerprint density at radius 3 is 2.48 bits per heavy atom. The minimum Gasteiger partial charge on any atom is -0.465 e. The molecule has 0 aliphatic carbocycles. The van der Waals surface area contributed by atoms with E-state index in [1.165, 1.54) is 7.11 Å². The highest BCUT2D eigenvalue weighted by molar-refractivity contribution is 5.96. The molecule has 0 radical (unpaired) electrons. The number of aromatic nitrogens is 2. The summed E-state index contributed by atoms with van der Waals surface area (Å²) in [5.74, 6) is -0.507. The van der Waals surface area contributed by atoms with Gasteiger partial charge in [-0.2, -0.15) is 0 Å². The molecular weight excluding hydrogens is 322 g/mol. The summed E-state index contributed by atoms with van der Waals surface area (Å²) in [6.45, 7) is 1.16. The number of carbonyl (C=O) groups excluding carboxylic acids is 2. The zero-order chi connectivity index (χ0) is 17.6. The van der Waals surface area contributed by atoms with Crippen LogP contribution in [0.2, 0.25) is 0 Å². The van der Waals surface area contributed by atoms with Gasteiger partial charge in [0, 0.05) is 24.5 Å². The van der Waals surface area contributed by atoms with Crippen molar-refractivity contribution in [1.82, 2.24) is 14.9 Å². The molecule has 2 aromatic rings. The van der Waals surface area contributed by atoms with Crippen LogP contribution in [0.1, 0.15) is 33.6 Å². The second-order valence-corrected chi connectivity index (χ2v) is 5.73. The molecule has 25 heavy (non-hydrogen) atoms. The van der Waals surface area contributed by atoms with Crippen LogP contribution in [0.3, 0.4) is 0 Å². The second-order valence-electron chi connectivity index (χ2n) is 5.73. The molecule has 3 rings (SSSR count). The van der Waals surface area contributed by atoms with Crippen molar-refractivity contribution in [3.8, 4) is 6.01 Å². The van der Waals surface area contributed by atoms with E-state index in [2.05, 4.69) is 14.7 Å². The second kappa shape index (κ2) is 7.74.